The molecule has 2 aliphatic rings. The third-order valence-electron chi connectivity index (χ3n) is 7.07. The summed E-state index contributed by atoms with van der Waals surface area (Å²) < 4.78 is 36.5. The first-order valence-electron chi connectivity index (χ1n) is 10.6. The van der Waals surface area contributed by atoms with Gasteiger partial charge in [0, 0.05) is 37.2 Å². The Bertz CT molecular complexity index is 1540. The number of hydrogen-bond acceptors (Lipinski definition) is 8. The summed E-state index contributed by atoms with van der Waals surface area (Å²) in [5, 5.41) is 13.0. The zero-order valence-electron chi connectivity index (χ0n) is 18.2. The lowest BCUT2D eigenvalue weighted by Crippen LogP contribution is -2.26. The molecule has 0 N–H and O–H groups in total. The van der Waals surface area contributed by atoms with E-state index in [0.29, 0.717) is 41.7 Å². The van der Waals surface area contributed by atoms with Gasteiger partial charge < -0.3 is 14.0 Å². The summed E-state index contributed by atoms with van der Waals surface area (Å²) >= 11 is 0. The molecule has 2 fully saturated rings. The van der Waals surface area contributed by atoms with Gasteiger partial charge in [0.05, 0.1) is 6.33 Å². The van der Waals surface area contributed by atoms with Crippen LogP contribution in [0.15, 0.2) is 34.1 Å². The Kier molecular flexibility index (Phi) is 4.17. The molecule has 1 saturated carbocycles. The highest BCUT2D eigenvalue weighted by Crippen LogP contribution is 2.68. The average Bonchev–Trinajstić information content (AvgIpc) is 3.24. The number of piperidine rings is 1. The Morgan fingerprint density at radius 1 is 1.26 bits per heavy atom. The molecule has 1 saturated heterocycles. The third kappa shape index (κ3) is 2.86. The summed E-state index contributed by atoms with van der Waals surface area (Å²) in [5.74, 6) is -0.643. The molecule has 1 aromatic carbocycles. The number of anilines is 1. The fourth-order valence-electron chi connectivity index (χ4n) is 5.21. The third-order valence-corrected chi connectivity index (χ3v) is 7.07. The molecule has 4 heterocycles. The van der Waals surface area contributed by atoms with E-state index in [1.165, 1.54) is 29.4 Å². The highest BCUT2D eigenvalue weighted by atomic mass is 19.1. The van der Waals surface area contributed by atoms with Gasteiger partial charge in [-0.2, -0.15) is 10.2 Å². The Morgan fingerprint density at radius 3 is 2.68 bits per heavy atom. The topological polar surface area (TPSA) is 119 Å². The van der Waals surface area contributed by atoms with Gasteiger partial charge in [-0.3, -0.25) is 9.36 Å². The molecule has 0 unspecified atom stereocenters. The van der Waals surface area contributed by atoms with E-state index in [2.05, 4.69) is 27.0 Å². The van der Waals surface area contributed by atoms with Gasteiger partial charge >= 0.3 is 0 Å². The number of nitriles is 1. The summed E-state index contributed by atoms with van der Waals surface area (Å²) in [6, 6.07) is 3.94. The number of benzene rings is 1. The van der Waals surface area contributed by atoms with Crippen LogP contribution in [0.3, 0.4) is 0 Å². The van der Waals surface area contributed by atoms with Crippen LogP contribution in [0.4, 0.5) is 14.5 Å². The van der Waals surface area contributed by atoms with Crippen LogP contribution in [-0.4, -0.2) is 42.3 Å². The lowest BCUT2D eigenvalue weighted by Gasteiger charge is -2.23. The number of rotatable bonds is 4. The van der Waals surface area contributed by atoms with Crippen molar-refractivity contribution in [3.8, 4) is 6.07 Å². The van der Waals surface area contributed by atoms with Crippen LogP contribution in [0.1, 0.15) is 30.1 Å². The number of fused-ring (bicyclic) bond motifs is 2. The van der Waals surface area contributed by atoms with Crippen molar-refractivity contribution in [2.24, 2.45) is 18.4 Å². The molecule has 0 radical (unpaired) electrons. The van der Waals surface area contributed by atoms with Crippen LogP contribution < -0.4 is 10.5 Å². The maximum absolute atomic E-state index is 14.1. The maximum Gasteiger partial charge on any atom is 0.280 e. The molecule has 10 nitrogen and oxygen atoms in total. The molecule has 0 amide bonds. The molecular formula is C22H18F2N8O2. The number of imidazole rings is 1. The lowest BCUT2D eigenvalue weighted by atomic mass is 10.1. The van der Waals surface area contributed by atoms with Crippen LogP contribution in [0.2, 0.25) is 0 Å². The number of aromatic nitrogens is 6. The zero-order chi connectivity index (χ0) is 23.8. The molecule has 1 aliphatic heterocycles. The van der Waals surface area contributed by atoms with Crippen molar-refractivity contribution < 1.29 is 13.3 Å². The van der Waals surface area contributed by atoms with Gasteiger partial charge in [-0.15, -0.1) is 0 Å². The second-order valence-corrected chi connectivity index (χ2v) is 9.12. The minimum atomic E-state index is -0.864. The monoisotopic (exact) mass is 464 g/mol. The van der Waals surface area contributed by atoms with Gasteiger partial charge in [0.15, 0.2) is 17.0 Å². The molecule has 0 bridgehead atoms. The van der Waals surface area contributed by atoms with Gasteiger partial charge in [0.1, 0.15) is 36.1 Å². The molecule has 34 heavy (non-hydrogen) atoms. The molecule has 6 rings (SSSR count). The molecule has 1 aliphatic carbocycles. The summed E-state index contributed by atoms with van der Waals surface area (Å²) in [6.45, 7) is 3.32. The van der Waals surface area contributed by atoms with Crippen molar-refractivity contribution in [1.29, 1.82) is 5.26 Å². The van der Waals surface area contributed by atoms with Crippen molar-refractivity contribution in [3.63, 3.8) is 0 Å². The van der Waals surface area contributed by atoms with Gasteiger partial charge in [-0.05, 0) is 18.1 Å². The lowest BCUT2D eigenvalue weighted by molar-refractivity contribution is 0.362. The first-order chi connectivity index (χ1) is 16.3. The second kappa shape index (κ2) is 6.93. The van der Waals surface area contributed by atoms with Crippen LogP contribution in [0.5, 0.6) is 0 Å². The van der Waals surface area contributed by atoms with E-state index in [4.69, 9.17) is 9.78 Å². The Hall–Kier alpha value is -4.14. The van der Waals surface area contributed by atoms with E-state index >= 15 is 0 Å². The van der Waals surface area contributed by atoms with Crippen molar-refractivity contribution in [1.82, 2.24) is 29.2 Å². The van der Waals surface area contributed by atoms with Crippen molar-refractivity contribution in [2.75, 3.05) is 18.0 Å². The number of halogens is 2. The average molecular weight is 464 g/mol. The highest BCUT2D eigenvalue weighted by molar-refractivity contribution is 5.68. The normalized spacial score (nSPS) is 23.3. The Morgan fingerprint density at radius 2 is 2.00 bits per heavy atom. The van der Waals surface area contributed by atoms with Crippen molar-refractivity contribution in [2.45, 2.75) is 19.4 Å². The van der Waals surface area contributed by atoms with Crippen molar-refractivity contribution in [3.05, 3.63) is 64.1 Å². The molecular weight excluding hydrogens is 446 g/mol. The van der Waals surface area contributed by atoms with E-state index in [0.717, 1.165) is 0 Å². The van der Waals surface area contributed by atoms with Gasteiger partial charge in [-0.25, -0.2) is 18.7 Å². The minimum absolute atomic E-state index is 0.0451. The quantitative estimate of drug-likeness (QED) is 0.450. The van der Waals surface area contributed by atoms with E-state index in [1.54, 1.807) is 17.7 Å². The standard InChI is InChI=1S/C22H18F2N8O2/c1-22-8-31(11-3-14(23)12(5-25)15(24)4-11)6-13(22)17(22)19-28-16(34-29-19)7-32-10-27-20-18(21(32)33)30(2)9-26-20/h3-4,9-10,13,17H,6-8H2,1-2H3/t13-,17+,22-/m0/s1. The first kappa shape index (κ1) is 20.5. The van der Waals surface area contributed by atoms with E-state index in [-0.39, 0.29) is 29.4 Å². The fraction of sp³-hybridized carbons (Fsp3) is 0.364. The van der Waals surface area contributed by atoms with Crippen molar-refractivity contribution >= 4 is 16.9 Å². The number of aryl methyl sites for hydroxylation is 1. The summed E-state index contributed by atoms with van der Waals surface area (Å²) in [5.41, 5.74) is 0.175. The zero-order valence-corrected chi connectivity index (χ0v) is 18.2. The molecule has 3 atom stereocenters. The van der Waals surface area contributed by atoms with Crippen LogP contribution in [0, 0.1) is 34.3 Å². The van der Waals surface area contributed by atoms with E-state index in [1.807, 2.05) is 4.90 Å². The summed E-state index contributed by atoms with van der Waals surface area (Å²) in [4.78, 5) is 27.4. The van der Waals surface area contributed by atoms with E-state index in [9.17, 15) is 13.6 Å². The van der Waals surface area contributed by atoms with Gasteiger partial charge in [-0.1, -0.05) is 12.1 Å². The maximum atomic E-state index is 14.1. The summed E-state index contributed by atoms with van der Waals surface area (Å²) in [6.07, 6.45) is 2.94. The first-order valence-corrected chi connectivity index (χ1v) is 10.6. The molecule has 4 aromatic rings. The molecule has 3 aromatic heterocycles. The van der Waals surface area contributed by atoms with Crippen LogP contribution >= 0.6 is 0 Å². The van der Waals surface area contributed by atoms with Crippen LogP contribution in [0.25, 0.3) is 11.2 Å². The van der Waals surface area contributed by atoms with Crippen LogP contribution in [-0.2, 0) is 13.6 Å². The Balaban J connectivity index is 1.19. The fourth-order valence-corrected chi connectivity index (χ4v) is 5.21. The van der Waals surface area contributed by atoms with E-state index < -0.39 is 17.2 Å². The molecule has 0 spiro atoms. The molecule has 172 valence electrons. The minimum Gasteiger partial charge on any atom is -0.370 e. The smallest absolute Gasteiger partial charge is 0.280 e. The SMILES string of the molecule is Cn1cnc2ncn(Cc3nc([C@H]4[C@@H]5CN(c6cc(F)c(C#N)c(F)c6)C[C@@]54C)no3)c(=O)c21. The number of nitrogens with zero attached hydrogens (tertiary/aromatic N) is 8. The number of hydrogen-bond donors (Lipinski definition) is 0. The predicted octanol–water partition coefficient (Wildman–Crippen LogP) is 1.95. The second-order valence-electron chi connectivity index (χ2n) is 9.12. The largest absolute Gasteiger partial charge is 0.370 e. The van der Waals surface area contributed by atoms with Gasteiger partial charge in [0.25, 0.3) is 5.56 Å². The predicted molar refractivity (Wildman–Crippen MR) is 114 cm³/mol. The molecule has 12 heteroatoms. The van der Waals surface area contributed by atoms with Gasteiger partial charge in [0.2, 0.25) is 5.89 Å². The summed E-state index contributed by atoms with van der Waals surface area (Å²) in [7, 11) is 1.73. The highest BCUT2D eigenvalue weighted by Gasteiger charge is 2.68. The Labute approximate surface area is 191 Å².